The van der Waals surface area contributed by atoms with E-state index in [1.165, 1.54) is 270 Å². The third-order valence-corrected chi connectivity index (χ3v) is 18.1. The monoisotopic (exact) mass is 1230 g/mol. The van der Waals surface area contributed by atoms with Gasteiger partial charge in [0, 0.05) is 0 Å². The van der Waals surface area contributed by atoms with E-state index < -0.39 is 74.2 Å². The van der Waals surface area contributed by atoms with Crippen molar-refractivity contribution in [2.45, 2.75) is 416 Å². The summed E-state index contributed by atoms with van der Waals surface area (Å²) in [6, 6.07) is -1.19. The van der Waals surface area contributed by atoms with Crippen molar-refractivity contribution in [1.82, 2.24) is 5.32 Å². The van der Waals surface area contributed by atoms with Crippen LogP contribution < -0.4 is 5.32 Å². The fourth-order valence-electron chi connectivity index (χ4n) is 12.1. The Labute approximate surface area is 536 Å². The maximum Gasteiger partial charge on any atom is 0.249 e. The van der Waals surface area contributed by atoms with Gasteiger partial charge in [0.2, 0.25) is 5.91 Å². The quantitative estimate of drug-likeness (QED) is 0.0215. The van der Waals surface area contributed by atoms with E-state index in [9.17, 15) is 40.5 Å². The lowest BCUT2D eigenvalue weighted by Gasteiger charge is -2.40. The fourth-order valence-corrected chi connectivity index (χ4v) is 12.1. The predicted octanol–water partition coefficient (Wildman–Crippen LogP) is 18.7. The summed E-state index contributed by atoms with van der Waals surface area (Å²) in [5, 5.41) is 76.6. The maximum atomic E-state index is 13.3. The number of hydrogen-bond donors (Lipinski definition) is 8. The molecule has 1 rings (SSSR count). The second-order valence-electron chi connectivity index (χ2n) is 26.4. The Balaban J connectivity index is 2.19. The molecule has 9 atom stereocenters. The maximum absolute atomic E-state index is 13.3. The van der Waals surface area contributed by atoms with Crippen LogP contribution in [0.25, 0.3) is 0 Å². The largest absolute Gasteiger partial charge is 0.394 e. The summed E-state index contributed by atoms with van der Waals surface area (Å²) in [6.07, 6.45) is 73.5. The van der Waals surface area contributed by atoms with E-state index in [0.717, 1.165) is 44.9 Å². The van der Waals surface area contributed by atoms with Crippen molar-refractivity contribution >= 4 is 5.91 Å². The summed E-state index contributed by atoms with van der Waals surface area (Å²) in [4.78, 5) is 13.3. The third kappa shape index (κ3) is 51.3. The number of hydrogen-bond acceptors (Lipinski definition) is 10. The van der Waals surface area contributed by atoms with E-state index in [-0.39, 0.29) is 12.8 Å². The molecule has 0 aromatic carbocycles. The van der Waals surface area contributed by atoms with Gasteiger partial charge in [-0.2, -0.15) is 0 Å². The first-order valence-corrected chi connectivity index (χ1v) is 37.5. The smallest absolute Gasteiger partial charge is 0.249 e. The first-order valence-electron chi connectivity index (χ1n) is 37.5. The SMILES string of the molecule is CCCCCCCCCCC/C=C\C/C=C\CCCCCCCCCCCCCCCCCCC(O)C(=O)NC(COC1OC(CO)C(O)C(O)C1O)C(O)C(O)CCC/C=C/CC/C=C/CCCCCCCCCCCCCCCCCCCCC. The molecule has 1 fully saturated rings. The average Bonchev–Trinajstić information content (AvgIpc) is 1.96. The Kier molecular flexibility index (Phi) is 61.3. The van der Waals surface area contributed by atoms with Crippen molar-refractivity contribution < 1.29 is 50.0 Å². The van der Waals surface area contributed by atoms with Gasteiger partial charge < -0.3 is 50.5 Å². The minimum Gasteiger partial charge on any atom is -0.394 e. The number of carbonyl (C=O) groups excluding carboxylic acids is 1. The predicted molar refractivity (Wildman–Crippen MR) is 367 cm³/mol. The van der Waals surface area contributed by atoms with Crippen LogP contribution in [0.4, 0.5) is 0 Å². The van der Waals surface area contributed by atoms with E-state index in [1.54, 1.807) is 0 Å². The van der Waals surface area contributed by atoms with Gasteiger partial charge in [-0.1, -0.05) is 326 Å². The van der Waals surface area contributed by atoms with Crippen molar-refractivity contribution in [2.24, 2.45) is 0 Å². The minimum atomic E-state index is -1.67. The minimum absolute atomic E-state index is 0.247. The third-order valence-electron chi connectivity index (χ3n) is 18.1. The number of allylic oxidation sites excluding steroid dienone is 8. The van der Waals surface area contributed by atoms with Gasteiger partial charge in [-0.15, -0.1) is 0 Å². The Bertz CT molecular complexity index is 1560. The second kappa shape index (κ2) is 64.2. The number of nitrogens with one attached hydrogen (secondary N) is 1. The lowest BCUT2D eigenvalue weighted by atomic mass is 9.98. The van der Waals surface area contributed by atoms with Crippen LogP contribution in [-0.4, -0.2) is 110 Å². The molecule has 0 aliphatic carbocycles. The summed E-state index contributed by atoms with van der Waals surface area (Å²) in [5.41, 5.74) is 0. The molecule has 0 bridgehead atoms. The van der Waals surface area contributed by atoms with Crippen LogP contribution in [0.5, 0.6) is 0 Å². The Morgan fingerprint density at radius 1 is 0.402 bits per heavy atom. The van der Waals surface area contributed by atoms with Crippen LogP contribution in [0.3, 0.4) is 0 Å². The van der Waals surface area contributed by atoms with Crippen molar-refractivity contribution in [3.8, 4) is 0 Å². The number of unbranched alkanes of at least 4 members (excludes halogenated alkanes) is 46. The summed E-state index contributed by atoms with van der Waals surface area (Å²) < 4.78 is 11.2. The molecule has 1 saturated heterocycles. The van der Waals surface area contributed by atoms with Gasteiger partial charge in [0.1, 0.15) is 36.6 Å². The zero-order valence-electron chi connectivity index (χ0n) is 56.8. The molecule has 9 unspecified atom stereocenters. The topological polar surface area (TPSA) is 189 Å². The Morgan fingerprint density at radius 2 is 0.724 bits per heavy atom. The van der Waals surface area contributed by atoms with E-state index in [2.05, 4.69) is 67.8 Å². The molecule has 0 saturated carbocycles. The molecule has 11 nitrogen and oxygen atoms in total. The zero-order valence-corrected chi connectivity index (χ0v) is 56.8. The van der Waals surface area contributed by atoms with Crippen LogP contribution in [0.1, 0.15) is 361 Å². The van der Waals surface area contributed by atoms with Crippen LogP contribution in [0.15, 0.2) is 48.6 Å². The van der Waals surface area contributed by atoms with E-state index in [0.29, 0.717) is 19.3 Å². The molecule has 1 aliphatic rings. The van der Waals surface area contributed by atoms with Crippen LogP contribution in [0, 0.1) is 0 Å². The first-order chi connectivity index (χ1) is 42.7. The van der Waals surface area contributed by atoms with Gasteiger partial charge in [-0.3, -0.25) is 4.79 Å². The molecule has 87 heavy (non-hydrogen) atoms. The second-order valence-corrected chi connectivity index (χ2v) is 26.4. The number of amides is 1. The standard InChI is InChI=1S/C76H143NO10/c1-3-5-7-9-11-13-15-17-19-21-23-25-27-29-31-33-34-35-36-38-40-42-44-46-48-50-52-54-56-58-60-62-64-69(80)75(85)77-67(66-86-76-74(84)73(83)72(82)70(65-78)87-76)71(81)68(79)63-61-59-57-55-53-51-49-47-45-43-41-39-37-32-30-28-26-24-22-20-18-16-14-12-10-8-6-4-2/h23,25,29,31,47,49,55,57,67-74,76,78-84H,3-22,24,26-28,30,32-46,48,50-54,56,58-66H2,1-2H3,(H,77,85)/b25-23-,31-29-,49-47+,57-55+. The molecule has 0 aromatic rings. The van der Waals surface area contributed by atoms with Gasteiger partial charge >= 0.3 is 0 Å². The molecule has 512 valence electrons. The first kappa shape index (κ1) is 83.1. The Morgan fingerprint density at radius 3 is 1.09 bits per heavy atom. The van der Waals surface area contributed by atoms with Gasteiger partial charge in [-0.05, 0) is 83.5 Å². The molecule has 0 radical (unpaired) electrons. The summed E-state index contributed by atoms with van der Waals surface area (Å²) in [7, 11) is 0. The van der Waals surface area contributed by atoms with E-state index in [4.69, 9.17) is 9.47 Å². The van der Waals surface area contributed by atoms with E-state index >= 15 is 0 Å². The molecule has 0 aromatic heterocycles. The molecule has 1 heterocycles. The number of ether oxygens (including phenoxy) is 2. The van der Waals surface area contributed by atoms with Crippen molar-refractivity contribution in [2.75, 3.05) is 13.2 Å². The molecular formula is C76H143NO10. The average molecular weight is 1230 g/mol. The van der Waals surface area contributed by atoms with Crippen molar-refractivity contribution in [3.63, 3.8) is 0 Å². The summed E-state index contributed by atoms with van der Waals surface area (Å²) in [5.74, 6) is -0.706. The summed E-state index contributed by atoms with van der Waals surface area (Å²) in [6.45, 7) is 3.49. The number of rotatable bonds is 66. The zero-order chi connectivity index (χ0) is 63.1. The molecule has 1 amide bonds. The highest BCUT2D eigenvalue weighted by Crippen LogP contribution is 2.24. The lowest BCUT2D eigenvalue weighted by Crippen LogP contribution is -2.60. The molecule has 1 aliphatic heterocycles. The van der Waals surface area contributed by atoms with Gasteiger partial charge in [0.15, 0.2) is 6.29 Å². The van der Waals surface area contributed by atoms with Gasteiger partial charge in [0.05, 0.1) is 25.4 Å². The molecular weight excluding hydrogens is 1090 g/mol. The van der Waals surface area contributed by atoms with E-state index in [1.807, 2.05) is 0 Å². The Hall–Kier alpha value is -1.93. The van der Waals surface area contributed by atoms with Crippen molar-refractivity contribution in [1.29, 1.82) is 0 Å². The normalized spacial score (nSPS) is 18.9. The van der Waals surface area contributed by atoms with Crippen molar-refractivity contribution in [3.05, 3.63) is 48.6 Å². The van der Waals surface area contributed by atoms with Gasteiger partial charge in [-0.25, -0.2) is 0 Å². The fraction of sp³-hybridized carbons (Fsp3) is 0.882. The highest BCUT2D eigenvalue weighted by atomic mass is 16.7. The molecule has 8 N–H and O–H groups in total. The summed E-state index contributed by atoms with van der Waals surface area (Å²) >= 11 is 0. The highest BCUT2D eigenvalue weighted by molar-refractivity contribution is 5.80. The van der Waals surface area contributed by atoms with Crippen LogP contribution >= 0.6 is 0 Å². The molecule has 11 heteroatoms. The number of carbonyl (C=O) groups is 1. The molecule has 0 spiro atoms. The highest BCUT2D eigenvalue weighted by Gasteiger charge is 2.44. The lowest BCUT2D eigenvalue weighted by molar-refractivity contribution is -0.303. The van der Waals surface area contributed by atoms with Crippen LogP contribution in [0.2, 0.25) is 0 Å². The van der Waals surface area contributed by atoms with Gasteiger partial charge in [0.25, 0.3) is 0 Å². The van der Waals surface area contributed by atoms with Crippen LogP contribution in [-0.2, 0) is 14.3 Å². The number of aliphatic hydroxyl groups is 7. The number of aliphatic hydroxyl groups excluding tert-OH is 7.